The number of nitrogens with one attached hydrogen (secondary N) is 1. The summed E-state index contributed by atoms with van der Waals surface area (Å²) in [4.78, 5) is 24.3. The number of primary amides is 1. The molecule has 1 aliphatic rings. The van der Waals surface area contributed by atoms with Crippen molar-refractivity contribution in [3.8, 4) is 16.9 Å². The van der Waals surface area contributed by atoms with Gasteiger partial charge in [-0.2, -0.15) is 0 Å². The average Bonchev–Trinajstić information content (AvgIpc) is 2.73. The standard InChI is InChI=1S/C23H26N2O3/c1-15(16-7-4-3-5-8-16)25-23(27)19-10-6-9-17(13-19)20-14-18(22(24)26)11-12-21(20)28-2/h6-7,9-15H,3-5,8H2,1-2H3,(H2,24,26)(H,25,27)/t15-/m1/s1. The second-order valence-electron chi connectivity index (χ2n) is 7.08. The summed E-state index contributed by atoms with van der Waals surface area (Å²) >= 11 is 0. The summed E-state index contributed by atoms with van der Waals surface area (Å²) in [5.74, 6) is -0.0125. The molecule has 0 radical (unpaired) electrons. The van der Waals surface area contributed by atoms with E-state index >= 15 is 0 Å². The Bertz CT molecular complexity index is 918. The molecule has 0 heterocycles. The lowest BCUT2D eigenvalue weighted by Crippen LogP contribution is -2.34. The number of methoxy groups -OCH3 is 1. The average molecular weight is 378 g/mol. The van der Waals surface area contributed by atoms with Crippen molar-refractivity contribution in [2.45, 2.75) is 38.6 Å². The maximum absolute atomic E-state index is 12.8. The van der Waals surface area contributed by atoms with Crippen molar-refractivity contribution >= 4 is 11.8 Å². The van der Waals surface area contributed by atoms with Gasteiger partial charge in [-0.3, -0.25) is 9.59 Å². The maximum atomic E-state index is 12.8. The van der Waals surface area contributed by atoms with Gasteiger partial charge in [-0.05, 0) is 68.5 Å². The molecule has 28 heavy (non-hydrogen) atoms. The van der Waals surface area contributed by atoms with Crippen molar-refractivity contribution in [1.82, 2.24) is 5.32 Å². The molecule has 0 saturated carbocycles. The number of carbonyl (C=O) groups excluding carboxylic acids is 2. The number of nitrogens with two attached hydrogens (primary N) is 1. The highest BCUT2D eigenvalue weighted by Crippen LogP contribution is 2.31. The molecule has 1 aliphatic carbocycles. The predicted octanol–water partition coefficient (Wildman–Crippen LogP) is 4.08. The second-order valence-corrected chi connectivity index (χ2v) is 7.08. The van der Waals surface area contributed by atoms with Gasteiger partial charge in [0, 0.05) is 22.7 Å². The van der Waals surface area contributed by atoms with Gasteiger partial charge in [0.25, 0.3) is 5.91 Å². The first-order valence-electron chi connectivity index (χ1n) is 9.57. The van der Waals surface area contributed by atoms with Crippen LogP contribution < -0.4 is 15.8 Å². The predicted molar refractivity (Wildman–Crippen MR) is 110 cm³/mol. The third-order valence-corrected chi connectivity index (χ3v) is 5.15. The van der Waals surface area contributed by atoms with Gasteiger partial charge in [-0.15, -0.1) is 0 Å². The van der Waals surface area contributed by atoms with E-state index in [9.17, 15) is 9.59 Å². The number of hydrogen-bond acceptors (Lipinski definition) is 3. The summed E-state index contributed by atoms with van der Waals surface area (Å²) in [6.45, 7) is 2.03. The van der Waals surface area contributed by atoms with Crippen molar-refractivity contribution in [1.29, 1.82) is 0 Å². The van der Waals surface area contributed by atoms with Crippen LogP contribution in [-0.2, 0) is 0 Å². The number of hydrogen-bond donors (Lipinski definition) is 2. The molecule has 3 rings (SSSR count). The highest BCUT2D eigenvalue weighted by atomic mass is 16.5. The first-order valence-corrected chi connectivity index (χ1v) is 9.57. The van der Waals surface area contributed by atoms with Crippen LogP contribution in [0.2, 0.25) is 0 Å². The van der Waals surface area contributed by atoms with E-state index in [1.54, 1.807) is 37.4 Å². The minimum Gasteiger partial charge on any atom is -0.496 e. The number of amides is 2. The highest BCUT2D eigenvalue weighted by Gasteiger charge is 2.16. The zero-order valence-electron chi connectivity index (χ0n) is 16.3. The van der Waals surface area contributed by atoms with Gasteiger partial charge in [0.15, 0.2) is 0 Å². The largest absolute Gasteiger partial charge is 0.496 e. The lowest BCUT2D eigenvalue weighted by atomic mass is 9.94. The fraction of sp³-hybridized carbons (Fsp3) is 0.304. The van der Waals surface area contributed by atoms with Crippen molar-refractivity contribution in [3.63, 3.8) is 0 Å². The molecule has 5 heteroatoms. The summed E-state index contributed by atoms with van der Waals surface area (Å²) in [5.41, 5.74) is 9.17. The zero-order chi connectivity index (χ0) is 20.1. The lowest BCUT2D eigenvalue weighted by Gasteiger charge is -2.21. The molecule has 0 aliphatic heterocycles. The Kier molecular flexibility index (Phi) is 6.14. The summed E-state index contributed by atoms with van der Waals surface area (Å²) in [7, 11) is 1.57. The molecule has 146 valence electrons. The van der Waals surface area contributed by atoms with Crippen LogP contribution in [0.3, 0.4) is 0 Å². The first-order chi connectivity index (χ1) is 13.5. The third kappa shape index (κ3) is 4.42. The molecule has 0 spiro atoms. The molecular formula is C23H26N2O3. The van der Waals surface area contributed by atoms with Crippen molar-refractivity contribution in [2.24, 2.45) is 5.73 Å². The van der Waals surface area contributed by atoms with Gasteiger partial charge in [0.1, 0.15) is 5.75 Å². The van der Waals surface area contributed by atoms with E-state index in [0.717, 1.165) is 24.0 Å². The van der Waals surface area contributed by atoms with Crippen LogP contribution in [0.1, 0.15) is 53.3 Å². The van der Waals surface area contributed by atoms with E-state index in [-0.39, 0.29) is 11.9 Å². The van der Waals surface area contributed by atoms with E-state index in [1.165, 1.54) is 18.4 Å². The summed E-state index contributed by atoms with van der Waals surface area (Å²) in [5, 5.41) is 3.09. The topological polar surface area (TPSA) is 81.4 Å². The van der Waals surface area contributed by atoms with Gasteiger partial charge < -0.3 is 15.8 Å². The fourth-order valence-electron chi connectivity index (χ4n) is 3.54. The summed E-state index contributed by atoms with van der Waals surface area (Å²) < 4.78 is 5.42. The molecule has 1 atom stereocenters. The van der Waals surface area contributed by atoms with Gasteiger partial charge >= 0.3 is 0 Å². The van der Waals surface area contributed by atoms with E-state index in [0.29, 0.717) is 16.9 Å². The smallest absolute Gasteiger partial charge is 0.251 e. The zero-order valence-corrected chi connectivity index (χ0v) is 16.3. The number of benzene rings is 2. The summed E-state index contributed by atoms with van der Waals surface area (Å²) in [6, 6.07) is 12.3. The molecule has 0 saturated heterocycles. The summed E-state index contributed by atoms with van der Waals surface area (Å²) in [6.07, 6.45) is 6.76. The SMILES string of the molecule is COc1ccc(C(N)=O)cc1-c1cccc(C(=O)N[C@H](C)C2=CCCCC2)c1. The van der Waals surface area contributed by atoms with Crippen LogP contribution in [0.15, 0.2) is 54.1 Å². The molecule has 2 amide bonds. The van der Waals surface area contributed by atoms with Crippen LogP contribution in [0.4, 0.5) is 0 Å². The Morgan fingerprint density at radius 2 is 1.93 bits per heavy atom. The molecule has 0 fully saturated rings. The Morgan fingerprint density at radius 3 is 2.61 bits per heavy atom. The van der Waals surface area contributed by atoms with Crippen LogP contribution in [0.25, 0.3) is 11.1 Å². The Labute approximate surface area is 165 Å². The van der Waals surface area contributed by atoms with Gasteiger partial charge in [0.2, 0.25) is 5.91 Å². The molecular weight excluding hydrogens is 352 g/mol. The molecule has 0 bridgehead atoms. The number of allylic oxidation sites excluding steroid dienone is 1. The van der Waals surface area contributed by atoms with Crippen LogP contribution in [0, 0.1) is 0 Å². The normalized spacial score (nSPS) is 14.7. The molecule has 0 aromatic heterocycles. The quantitative estimate of drug-likeness (QED) is 0.743. The maximum Gasteiger partial charge on any atom is 0.251 e. The first kappa shape index (κ1) is 19.7. The van der Waals surface area contributed by atoms with E-state index < -0.39 is 5.91 Å². The molecule has 2 aromatic carbocycles. The number of ether oxygens (including phenoxy) is 1. The van der Waals surface area contributed by atoms with Crippen molar-refractivity contribution < 1.29 is 14.3 Å². The lowest BCUT2D eigenvalue weighted by molar-refractivity contribution is 0.0943. The molecule has 0 unspecified atom stereocenters. The molecule has 3 N–H and O–H groups in total. The van der Waals surface area contributed by atoms with E-state index in [1.807, 2.05) is 19.1 Å². The van der Waals surface area contributed by atoms with E-state index in [2.05, 4.69) is 11.4 Å². The number of carbonyl (C=O) groups is 2. The minimum absolute atomic E-state index is 0.0178. The number of rotatable bonds is 6. The van der Waals surface area contributed by atoms with Gasteiger partial charge in [-0.1, -0.05) is 23.8 Å². The van der Waals surface area contributed by atoms with Crippen LogP contribution in [-0.4, -0.2) is 25.0 Å². The molecule has 2 aromatic rings. The van der Waals surface area contributed by atoms with Crippen molar-refractivity contribution in [2.75, 3.05) is 7.11 Å². The van der Waals surface area contributed by atoms with Crippen molar-refractivity contribution in [3.05, 3.63) is 65.2 Å². The monoisotopic (exact) mass is 378 g/mol. The molecule has 5 nitrogen and oxygen atoms in total. The highest BCUT2D eigenvalue weighted by molar-refractivity contribution is 5.97. The van der Waals surface area contributed by atoms with Gasteiger partial charge in [-0.25, -0.2) is 0 Å². The Balaban J connectivity index is 1.86. The Morgan fingerprint density at radius 1 is 1.11 bits per heavy atom. The fourth-order valence-corrected chi connectivity index (χ4v) is 3.54. The van der Waals surface area contributed by atoms with Crippen LogP contribution >= 0.6 is 0 Å². The van der Waals surface area contributed by atoms with E-state index in [4.69, 9.17) is 10.5 Å². The third-order valence-electron chi connectivity index (χ3n) is 5.15. The Hall–Kier alpha value is -3.08. The van der Waals surface area contributed by atoms with Gasteiger partial charge in [0.05, 0.1) is 7.11 Å². The minimum atomic E-state index is -0.507. The second kappa shape index (κ2) is 8.74. The van der Waals surface area contributed by atoms with Crippen LogP contribution in [0.5, 0.6) is 5.75 Å².